The molecule has 0 aliphatic heterocycles. The Labute approximate surface area is 121 Å². The van der Waals surface area contributed by atoms with E-state index >= 15 is 0 Å². The van der Waals surface area contributed by atoms with Gasteiger partial charge in [0.2, 0.25) is 5.91 Å². The molecule has 0 aliphatic rings. The summed E-state index contributed by atoms with van der Waals surface area (Å²) in [6.07, 6.45) is 1.38. The van der Waals surface area contributed by atoms with Crippen LogP contribution in [0.5, 0.6) is 0 Å². The van der Waals surface area contributed by atoms with Gasteiger partial charge in [0.25, 0.3) is 0 Å². The summed E-state index contributed by atoms with van der Waals surface area (Å²) in [6, 6.07) is 1.71. The number of carbonyl (C=O) groups is 2. The second-order valence-electron chi connectivity index (χ2n) is 4.26. The SMILES string of the molecule is C=CCNC(=O)CS(=O)(=O)c1cc(C)c(F)c(C(=O)O)c1. The highest BCUT2D eigenvalue weighted by atomic mass is 32.2. The summed E-state index contributed by atoms with van der Waals surface area (Å²) in [5, 5.41) is 11.1. The van der Waals surface area contributed by atoms with Crippen molar-refractivity contribution < 1.29 is 27.5 Å². The molecule has 0 saturated heterocycles. The van der Waals surface area contributed by atoms with Gasteiger partial charge in [-0.2, -0.15) is 0 Å². The monoisotopic (exact) mass is 315 g/mol. The number of amides is 1. The number of rotatable bonds is 6. The van der Waals surface area contributed by atoms with Gasteiger partial charge in [0, 0.05) is 6.54 Å². The largest absolute Gasteiger partial charge is 0.478 e. The van der Waals surface area contributed by atoms with Gasteiger partial charge in [-0.05, 0) is 24.6 Å². The van der Waals surface area contributed by atoms with E-state index < -0.39 is 43.7 Å². The first kappa shape index (κ1) is 16.8. The van der Waals surface area contributed by atoms with Crippen LogP contribution in [-0.2, 0) is 14.6 Å². The number of carbonyl (C=O) groups excluding carboxylic acids is 1. The van der Waals surface area contributed by atoms with Crippen LogP contribution < -0.4 is 5.32 Å². The molecule has 0 aromatic heterocycles. The first-order valence-corrected chi connectivity index (χ1v) is 7.48. The van der Waals surface area contributed by atoms with Gasteiger partial charge < -0.3 is 10.4 Å². The van der Waals surface area contributed by atoms with E-state index in [1.807, 2.05) is 0 Å². The fraction of sp³-hybridized carbons (Fsp3) is 0.231. The molecule has 2 N–H and O–H groups in total. The summed E-state index contributed by atoms with van der Waals surface area (Å²) in [5.41, 5.74) is -0.875. The van der Waals surface area contributed by atoms with Gasteiger partial charge in [-0.1, -0.05) is 6.08 Å². The van der Waals surface area contributed by atoms with Gasteiger partial charge in [0.15, 0.2) is 9.84 Å². The molecule has 0 fully saturated rings. The number of hydrogen-bond donors (Lipinski definition) is 2. The molecule has 1 aromatic rings. The average molecular weight is 315 g/mol. The van der Waals surface area contributed by atoms with Gasteiger partial charge in [-0.25, -0.2) is 17.6 Å². The molecule has 0 saturated carbocycles. The molecule has 0 atom stereocenters. The average Bonchev–Trinajstić information content (AvgIpc) is 2.38. The standard InChI is InChI=1S/C13H14FNO5S/c1-3-4-15-11(16)7-21(19,20)9-5-8(2)12(14)10(6-9)13(17)18/h3,5-6H,1,4,7H2,2H3,(H,15,16)(H,17,18). The van der Waals surface area contributed by atoms with E-state index in [4.69, 9.17) is 5.11 Å². The third-order valence-corrected chi connectivity index (χ3v) is 4.18. The third-order valence-electron chi connectivity index (χ3n) is 2.58. The number of aryl methyl sites for hydroxylation is 1. The number of nitrogens with one attached hydrogen (secondary N) is 1. The summed E-state index contributed by atoms with van der Waals surface area (Å²) in [6.45, 7) is 4.73. The zero-order chi connectivity index (χ0) is 16.2. The third kappa shape index (κ3) is 4.12. The Morgan fingerprint density at radius 3 is 2.57 bits per heavy atom. The van der Waals surface area contributed by atoms with E-state index in [1.165, 1.54) is 13.0 Å². The van der Waals surface area contributed by atoms with Gasteiger partial charge in [-0.15, -0.1) is 6.58 Å². The van der Waals surface area contributed by atoms with Crippen molar-refractivity contribution in [1.29, 1.82) is 0 Å². The highest BCUT2D eigenvalue weighted by Gasteiger charge is 2.23. The van der Waals surface area contributed by atoms with Crippen molar-refractivity contribution in [3.05, 3.63) is 41.7 Å². The highest BCUT2D eigenvalue weighted by molar-refractivity contribution is 7.92. The lowest BCUT2D eigenvalue weighted by Crippen LogP contribution is -2.30. The maximum Gasteiger partial charge on any atom is 0.338 e. The molecule has 0 aliphatic carbocycles. The van der Waals surface area contributed by atoms with Crippen molar-refractivity contribution in [3.63, 3.8) is 0 Å². The summed E-state index contributed by atoms with van der Waals surface area (Å²) in [7, 11) is -4.06. The minimum atomic E-state index is -4.06. The van der Waals surface area contributed by atoms with Crippen LogP contribution >= 0.6 is 0 Å². The molecule has 0 radical (unpaired) electrons. The maximum atomic E-state index is 13.6. The molecule has 1 rings (SSSR count). The van der Waals surface area contributed by atoms with Crippen LogP contribution in [0.4, 0.5) is 4.39 Å². The second-order valence-corrected chi connectivity index (χ2v) is 6.25. The second kappa shape index (κ2) is 6.49. The number of carboxylic acids is 1. The van der Waals surface area contributed by atoms with Crippen LogP contribution in [0.15, 0.2) is 29.7 Å². The van der Waals surface area contributed by atoms with Crippen LogP contribution in [0.1, 0.15) is 15.9 Å². The van der Waals surface area contributed by atoms with Gasteiger partial charge in [-0.3, -0.25) is 4.79 Å². The summed E-state index contributed by atoms with van der Waals surface area (Å²) in [5.74, 6) is -4.19. The van der Waals surface area contributed by atoms with Crippen LogP contribution in [-0.4, -0.2) is 37.7 Å². The number of sulfone groups is 1. The van der Waals surface area contributed by atoms with Gasteiger partial charge in [0.05, 0.1) is 10.5 Å². The molecule has 1 aromatic carbocycles. The minimum absolute atomic E-state index is 0.108. The Morgan fingerprint density at radius 1 is 1.43 bits per heavy atom. The smallest absolute Gasteiger partial charge is 0.338 e. The van der Waals surface area contributed by atoms with Crippen molar-refractivity contribution in [3.8, 4) is 0 Å². The zero-order valence-corrected chi connectivity index (χ0v) is 12.0. The lowest BCUT2D eigenvalue weighted by atomic mass is 10.1. The zero-order valence-electron chi connectivity index (χ0n) is 11.2. The summed E-state index contributed by atoms with van der Waals surface area (Å²) in [4.78, 5) is 21.9. The minimum Gasteiger partial charge on any atom is -0.478 e. The Hall–Kier alpha value is -2.22. The number of hydrogen-bond acceptors (Lipinski definition) is 4. The van der Waals surface area contributed by atoms with Gasteiger partial charge in [0.1, 0.15) is 11.6 Å². The fourth-order valence-electron chi connectivity index (χ4n) is 1.56. The van der Waals surface area contributed by atoms with Crippen LogP contribution in [0.3, 0.4) is 0 Å². The van der Waals surface area contributed by atoms with Crippen molar-refractivity contribution in [2.24, 2.45) is 0 Å². The van der Waals surface area contributed by atoms with Crippen molar-refractivity contribution >= 4 is 21.7 Å². The predicted octanol–water partition coefficient (Wildman–Crippen LogP) is 0.908. The molecule has 8 heteroatoms. The van der Waals surface area contributed by atoms with E-state index in [2.05, 4.69) is 11.9 Å². The molecule has 21 heavy (non-hydrogen) atoms. The lowest BCUT2D eigenvalue weighted by Gasteiger charge is -2.08. The van der Waals surface area contributed by atoms with E-state index in [-0.39, 0.29) is 12.1 Å². The lowest BCUT2D eigenvalue weighted by molar-refractivity contribution is -0.118. The van der Waals surface area contributed by atoms with Crippen molar-refractivity contribution in [1.82, 2.24) is 5.32 Å². The van der Waals surface area contributed by atoms with Crippen LogP contribution in [0.25, 0.3) is 0 Å². The Bertz CT molecular complexity index is 697. The van der Waals surface area contributed by atoms with Crippen LogP contribution in [0, 0.1) is 12.7 Å². The molecular weight excluding hydrogens is 301 g/mol. The Kier molecular flexibility index (Phi) is 5.20. The fourth-order valence-corrected chi connectivity index (χ4v) is 2.83. The normalized spacial score (nSPS) is 11.0. The van der Waals surface area contributed by atoms with Crippen molar-refractivity contribution in [2.75, 3.05) is 12.3 Å². The number of benzene rings is 1. The Morgan fingerprint density at radius 2 is 2.05 bits per heavy atom. The molecule has 114 valence electrons. The first-order chi connectivity index (χ1) is 9.69. The van der Waals surface area contributed by atoms with E-state index in [9.17, 15) is 22.4 Å². The molecule has 0 bridgehead atoms. The molecule has 0 spiro atoms. The number of halogens is 1. The topological polar surface area (TPSA) is 101 Å². The summed E-state index contributed by atoms with van der Waals surface area (Å²) >= 11 is 0. The maximum absolute atomic E-state index is 13.6. The van der Waals surface area contributed by atoms with Crippen LogP contribution in [0.2, 0.25) is 0 Å². The van der Waals surface area contributed by atoms with E-state index in [0.717, 1.165) is 6.07 Å². The highest BCUT2D eigenvalue weighted by Crippen LogP contribution is 2.20. The molecule has 6 nitrogen and oxygen atoms in total. The molecule has 0 unspecified atom stereocenters. The molecule has 0 heterocycles. The first-order valence-electron chi connectivity index (χ1n) is 5.83. The predicted molar refractivity (Wildman–Crippen MR) is 73.4 cm³/mol. The quantitative estimate of drug-likeness (QED) is 0.600. The Balaban J connectivity index is 3.17. The molecular formula is C13H14FNO5S. The molecule has 1 amide bonds. The van der Waals surface area contributed by atoms with Crippen molar-refractivity contribution in [2.45, 2.75) is 11.8 Å². The number of aromatic carboxylic acids is 1. The summed E-state index contributed by atoms with van der Waals surface area (Å²) < 4.78 is 37.7. The number of carboxylic acid groups (broad SMARTS) is 1. The van der Waals surface area contributed by atoms with Gasteiger partial charge >= 0.3 is 5.97 Å². The van der Waals surface area contributed by atoms with E-state index in [1.54, 1.807) is 0 Å². The van der Waals surface area contributed by atoms with E-state index in [0.29, 0.717) is 6.07 Å².